The summed E-state index contributed by atoms with van der Waals surface area (Å²) in [5.41, 5.74) is -0.916. The number of pyridine rings is 1. The Labute approximate surface area is 359 Å². The number of aromatic nitrogens is 1. The van der Waals surface area contributed by atoms with E-state index >= 15 is 0 Å². The first-order chi connectivity index (χ1) is 29.7. The van der Waals surface area contributed by atoms with Gasteiger partial charge in [-0.1, -0.05) is 43.2 Å². The van der Waals surface area contributed by atoms with Gasteiger partial charge in [0.25, 0.3) is 5.91 Å². The van der Waals surface area contributed by atoms with Crippen molar-refractivity contribution < 1.29 is 55.7 Å². The van der Waals surface area contributed by atoms with Crippen LogP contribution in [0.5, 0.6) is 11.6 Å². The normalized spacial score (nSPS) is 29.6. The number of rotatable bonds is 11. The average molecular weight is 884 g/mol. The Morgan fingerprint density at radius 1 is 1.05 bits per heavy atom. The highest BCUT2D eigenvalue weighted by Crippen LogP contribution is 2.46. The van der Waals surface area contributed by atoms with Gasteiger partial charge in [-0.2, -0.15) is 0 Å². The molecular weight excluding hydrogens is 829 g/mol. The van der Waals surface area contributed by atoms with E-state index in [9.17, 15) is 41.5 Å². The highest BCUT2D eigenvalue weighted by molar-refractivity contribution is 7.91. The number of nitrogens with zero attached hydrogens (tertiary/aromatic N) is 2. The fraction of sp³-hybridized carbons (Fsp3) is 0.614. The number of sulfonamides is 1. The van der Waals surface area contributed by atoms with Gasteiger partial charge in [0.1, 0.15) is 42.2 Å². The molecule has 15 nitrogen and oxygen atoms in total. The number of aliphatic hydroxyl groups is 1. The largest absolute Gasteiger partial charge is 0.486 e. The predicted octanol–water partition coefficient (Wildman–Crippen LogP) is 4.61. The number of amides is 4. The Morgan fingerprint density at radius 2 is 1.81 bits per heavy atom. The molecule has 2 aromatic rings. The molecule has 18 heteroatoms. The first kappa shape index (κ1) is 43.8. The molecule has 0 spiro atoms. The fourth-order valence-corrected chi connectivity index (χ4v) is 11.0. The number of carbonyl (C=O) groups is 4. The van der Waals surface area contributed by atoms with Gasteiger partial charge in [0.2, 0.25) is 27.7 Å². The maximum atomic E-state index is 15.0. The Kier molecular flexibility index (Phi) is 12.5. The molecule has 4 aliphatic carbocycles. The van der Waals surface area contributed by atoms with Crippen molar-refractivity contribution in [3.05, 3.63) is 54.6 Å². The van der Waals surface area contributed by atoms with Gasteiger partial charge in [-0.25, -0.2) is 27.0 Å². The van der Waals surface area contributed by atoms with Crippen LogP contribution in [0.3, 0.4) is 0 Å². The molecule has 336 valence electrons. The first-order valence-corrected chi connectivity index (χ1v) is 23.4. The second-order valence-electron chi connectivity index (χ2n) is 17.8. The van der Waals surface area contributed by atoms with Gasteiger partial charge in [0, 0.05) is 17.7 Å². The molecule has 1 saturated heterocycles. The number of para-hydroxylation sites is 1. The Morgan fingerprint density at radius 3 is 2.53 bits per heavy atom. The van der Waals surface area contributed by atoms with Crippen molar-refractivity contribution in [3.8, 4) is 11.6 Å². The third-order valence-electron chi connectivity index (χ3n) is 13.4. The van der Waals surface area contributed by atoms with Gasteiger partial charge in [0.05, 0.1) is 22.9 Å². The van der Waals surface area contributed by atoms with E-state index in [-0.39, 0.29) is 55.4 Å². The van der Waals surface area contributed by atoms with Crippen LogP contribution in [0.15, 0.2) is 49.1 Å². The van der Waals surface area contributed by atoms with Gasteiger partial charge in [-0.3, -0.25) is 19.1 Å². The zero-order valence-corrected chi connectivity index (χ0v) is 35.4. The lowest BCUT2D eigenvalue weighted by Crippen LogP contribution is -2.59. The smallest absolute Gasteiger partial charge is 0.408 e. The van der Waals surface area contributed by atoms with E-state index in [1.807, 2.05) is 12.2 Å². The van der Waals surface area contributed by atoms with Crippen molar-refractivity contribution in [1.82, 2.24) is 25.2 Å². The first-order valence-electron chi connectivity index (χ1n) is 21.8. The van der Waals surface area contributed by atoms with Crippen LogP contribution in [0.25, 0.3) is 10.9 Å². The quantitative estimate of drug-likeness (QED) is 0.230. The van der Waals surface area contributed by atoms with Crippen LogP contribution in [0, 0.1) is 17.8 Å². The summed E-state index contributed by atoms with van der Waals surface area (Å²) in [5, 5.41) is 14.8. The van der Waals surface area contributed by atoms with E-state index in [1.54, 1.807) is 24.3 Å². The molecule has 4 saturated carbocycles. The number of ether oxygens (including phenoxy) is 3. The number of carbonyl (C=O) groups excluding carboxylic acids is 4. The number of benzene rings is 1. The lowest BCUT2D eigenvalue weighted by Gasteiger charge is -2.32. The minimum atomic E-state index is -3.97. The molecule has 5 fully saturated rings. The molecule has 3 heterocycles. The minimum Gasteiger partial charge on any atom is -0.486 e. The summed E-state index contributed by atoms with van der Waals surface area (Å²) < 4.78 is 75.4. The zero-order valence-electron chi connectivity index (χ0n) is 34.6. The third-order valence-corrected chi connectivity index (χ3v) is 15.2. The van der Waals surface area contributed by atoms with E-state index < -0.39 is 87.9 Å². The molecule has 62 heavy (non-hydrogen) atoms. The zero-order chi connectivity index (χ0) is 43.8. The second kappa shape index (κ2) is 17.7. The molecule has 0 radical (unpaired) electrons. The van der Waals surface area contributed by atoms with Crippen LogP contribution in [-0.2, 0) is 35.6 Å². The maximum Gasteiger partial charge on any atom is 0.408 e. The summed E-state index contributed by atoms with van der Waals surface area (Å²) in [4.78, 5) is 63.1. The van der Waals surface area contributed by atoms with Crippen LogP contribution in [-0.4, -0.2) is 108 Å². The summed E-state index contributed by atoms with van der Waals surface area (Å²) >= 11 is 0. The Bertz CT molecular complexity index is 2220. The number of nitrogens with one attached hydrogen (secondary N) is 3. The van der Waals surface area contributed by atoms with Crippen LogP contribution >= 0.6 is 0 Å². The van der Waals surface area contributed by atoms with Crippen molar-refractivity contribution in [2.24, 2.45) is 17.8 Å². The Hall–Kier alpha value is -4.84. The van der Waals surface area contributed by atoms with Gasteiger partial charge < -0.3 is 34.9 Å². The standard InChI is InChI=1S/C44H55F2N5O10S/c1-2-28-22-44(28,41(55)50-62(57,58)30-19-20-30)49-38(53)34-21-29-23-51(34)40(54)36(27-12-6-7-13-27)48-42(56)61-35-18-10-14-26(35)11-4-3-5-16-32-37(59-25-43(45,46)24-52)31-15-8-9-17-33(31)47-39(32)60-29/h2-3,5,8-9,15,17,26-30,34-36,52H,1,4,6-7,10-14,16,18-25H2,(H,48,56)(H,49,53)(H,50,55)/t26-,28-,29-,34+,35-,36+,44-/m1/s1. The van der Waals surface area contributed by atoms with E-state index in [0.717, 1.165) is 32.1 Å². The monoisotopic (exact) mass is 883 g/mol. The molecule has 4 N–H and O–H groups in total. The number of alkyl carbamates (subject to hydrolysis) is 1. The molecular formula is C44H55F2N5O10S. The lowest BCUT2D eigenvalue weighted by molar-refractivity contribution is -0.142. The summed E-state index contributed by atoms with van der Waals surface area (Å²) in [7, 11) is -3.97. The number of fused-ring (bicyclic) bond motifs is 5. The van der Waals surface area contributed by atoms with Gasteiger partial charge >= 0.3 is 12.0 Å². The average Bonchev–Trinajstić information content (AvgIpc) is 4.04. The van der Waals surface area contributed by atoms with Gasteiger partial charge in [0.15, 0.2) is 6.61 Å². The van der Waals surface area contributed by atoms with E-state index in [0.29, 0.717) is 55.0 Å². The molecule has 6 aliphatic rings. The van der Waals surface area contributed by atoms with Gasteiger partial charge in [-0.05, 0) is 94.6 Å². The number of allylic oxidation sites excluding steroid dienone is 2. The topological polar surface area (TPSA) is 203 Å². The van der Waals surface area contributed by atoms with Crippen LogP contribution in [0.2, 0.25) is 0 Å². The molecule has 1 aromatic carbocycles. The summed E-state index contributed by atoms with van der Waals surface area (Å²) in [6, 6.07) is 4.50. The van der Waals surface area contributed by atoms with Crippen molar-refractivity contribution in [3.63, 3.8) is 0 Å². The molecule has 2 bridgehead atoms. The second-order valence-corrected chi connectivity index (χ2v) is 19.7. The molecule has 4 amide bonds. The van der Waals surface area contributed by atoms with Gasteiger partial charge in [-0.15, -0.1) is 6.58 Å². The lowest BCUT2D eigenvalue weighted by atomic mass is 9.96. The molecule has 7 atom stereocenters. The summed E-state index contributed by atoms with van der Waals surface area (Å²) in [6.45, 7) is 1.08. The number of halogens is 2. The number of alkyl halides is 2. The Balaban J connectivity index is 1.17. The predicted molar refractivity (Wildman–Crippen MR) is 222 cm³/mol. The van der Waals surface area contributed by atoms with Crippen LogP contribution in [0.1, 0.15) is 89.0 Å². The van der Waals surface area contributed by atoms with Crippen molar-refractivity contribution in [2.45, 2.75) is 131 Å². The third kappa shape index (κ3) is 9.26. The highest BCUT2D eigenvalue weighted by Gasteiger charge is 2.62. The van der Waals surface area contributed by atoms with Crippen LogP contribution in [0.4, 0.5) is 13.6 Å². The maximum absolute atomic E-state index is 15.0. The summed E-state index contributed by atoms with van der Waals surface area (Å²) in [5.74, 6) is -6.35. The highest BCUT2D eigenvalue weighted by atomic mass is 32.2. The number of hydrogen-bond acceptors (Lipinski definition) is 11. The fourth-order valence-electron chi connectivity index (χ4n) is 9.68. The molecule has 1 aromatic heterocycles. The van der Waals surface area contributed by atoms with E-state index in [4.69, 9.17) is 19.2 Å². The number of hydrogen-bond donors (Lipinski definition) is 4. The molecule has 8 rings (SSSR count). The van der Waals surface area contributed by atoms with Crippen molar-refractivity contribution >= 4 is 44.7 Å². The van der Waals surface area contributed by atoms with Crippen LogP contribution < -0.4 is 24.8 Å². The van der Waals surface area contributed by atoms with E-state index in [1.165, 1.54) is 11.0 Å². The van der Waals surface area contributed by atoms with E-state index in [2.05, 4.69) is 21.9 Å². The molecule has 0 unspecified atom stereocenters. The van der Waals surface area contributed by atoms with Crippen molar-refractivity contribution in [2.75, 3.05) is 19.8 Å². The van der Waals surface area contributed by atoms with Crippen molar-refractivity contribution in [1.29, 1.82) is 0 Å². The summed E-state index contributed by atoms with van der Waals surface area (Å²) in [6.07, 6.45) is 11.0. The number of aliphatic hydroxyl groups excluding tert-OH is 1. The SMILES string of the molecule is C=C[C@@H]1C[C@]1(NC(=O)[C@@H]1C[C@@H]2CN1C(=O)[C@H](C1CCCC1)NC(=O)O[C@@H]1CCC[C@H]1CCC=CCc1c(nc3ccccc3c1OCC(F)(F)CO)O2)C(=O)NS(=O)(=O)C1CC1. The minimum absolute atomic E-state index is 0.0372. The molecule has 2 aliphatic heterocycles.